The summed E-state index contributed by atoms with van der Waals surface area (Å²) < 4.78 is 0. The lowest BCUT2D eigenvalue weighted by atomic mass is 10.0. The molecule has 0 aromatic heterocycles. The Kier molecular flexibility index (Phi) is 4.57. The van der Waals surface area contributed by atoms with E-state index >= 15 is 0 Å². The summed E-state index contributed by atoms with van der Waals surface area (Å²) in [4.78, 5) is 24.2. The van der Waals surface area contributed by atoms with E-state index in [0.29, 0.717) is 17.7 Å². The fraction of sp³-hybridized carbons (Fsp3) is 0.100. The van der Waals surface area contributed by atoms with Crippen LogP contribution in [-0.2, 0) is 6.54 Å². The number of nitrogens with one attached hydrogen (secondary N) is 2. The minimum Gasteiger partial charge on any atom is -0.355 e. The minimum absolute atomic E-state index is 0.128. The molecule has 2 N–H and O–H groups in total. The molecule has 3 aromatic rings. The highest BCUT2D eigenvalue weighted by Crippen LogP contribution is 2.18. The Morgan fingerprint density at radius 2 is 1.62 bits per heavy atom. The summed E-state index contributed by atoms with van der Waals surface area (Å²) in [5, 5.41) is 7.48. The van der Waals surface area contributed by atoms with E-state index in [1.165, 1.54) is 0 Å². The summed E-state index contributed by atoms with van der Waals surface area (Å²) in [6, 6.07) is 20.7. The van der Waals surface area contributed by atoms with Crippen LogP contribution in [0.25, 0.3) is 10.8 Å². The minimum atomic E-state index is -0.141. The predicted molar refractivity (Wildman–Crippen MR) is 95.0 cm³/mol. The summed E-state index contributed by atoms with van der Waals surface area (Å²) in [7, 11) is 1.59. The van der Waals surface area contributed by atoms with Gasteiger partial charge in [0, 0.05) is 24.7 Å². The summed E-state index contributed by atoms with van der Waals surface area (Å²) in [5.74, 6) is -0.269. The molecule has 24 heavy (non-hydrogen) atoms. The molecule has 120 valence electrons. The zero-order chi connectivity index (χ0) is 16.9. The Morgan fingerprint density at radius 3 is 2.46 bits per heavy atom. The van der Waals surface area contributed by atoms with Gasteiger partial charge >= 0.3 is 0 Å². The van der Waals surface area contributed by atoms with Gasteiger partial charge in [-0.3, -0.25) is 9.59 Å². The Morgan fingerprint density at radius 1 is 0.875 bits per heavy atom. The first kappa shape index (κ1) is 15.7. The number of fused-ring (bicyclic) bond motifs is 1. The Labute approximate surface area is 140 Å². The molecule has 0 aliphatic carbocycles. The normalized spacial score (nSPS) is 10.4. The van der Waals surface area contributed by atoms with Crippen LogP contribution in [-0.4, -0.2) is 18.9 Å². The molecule has 3 aromatic carbocycles. The molecule has 4 heteroatoms. The number of hydrogen-bond donors (Lipinski definition) is 2. The molecule has 0 unspecified atom stereocenters. The van der Waals surface area contributed by atoms with E-state index in [-0.39, 0.29) is 11.8 Å². The number of hydrogen-bond acceptors (Lipinski definition) is 2. The molecule has 0 heterocycles. The molecule has 2 amide bonds. The van der Waals surface area contributed by atoms with Gasteiger partial charge in [-0.25, -0.2) is 0 Å². The number of carbonyl (C=O) groups is 2. The molecule has 0 aliphatic rings. The zero-order valence-corrected chi connectivity index (χ0v) is 13.4. The lowest BCUT2D eigenvalue weighted by Crippen LogP contribution is -2.23. The van der Waals surface area contributed by atoms with Crippen molar-refractivity contribution in [3.8, 4) is 0 Å². The third kappa shape index (κ3) is 3.27. The fourth-order valence-corrected chi connectivity index (χ4v) is 2.67. The largest absolute Gasteiger partial charge is 0.355 e. The van der Waals surface area contributed by atoms with E-state index in [2.05, 4.69) is 10.6 Å². The van der Waals surface area contributed by atoms with Crippen LogP contribution in [0.4, 0.5) is 0 Å². The van der Waals surface area contributed by atoms with Crippen molar-refractivity contribution in [1.29, 1.82) is 0 Å². The molecule has 3 rings (SSSR count). The zero-order valence-electron chi connectivity index (χ0n) is 13.4. The highest BCUT2D eigenvalue weighted by atomic mass is 16.2. The fourth-order valence-electron chi connectivity index (χ4n) is 2.67. The van der Waals surface area contributed by atoms with Crippen LogP contribution in [0, 0.1) is 0 Å². The molecule has 0 fully saturated rings. The molecule has 4 nitrogen and oxygen atoms in total. The van der Waals surface area contributed by atoms with Crippen LogP contribution in [0.3, 0.4) is 0 Å². The lowest BCUT2D eigenvalue weighted by molar-refractivity contribution is 0.0950. The summed E-state index contributed by atoms with van der Waals surface area (Å²) in [6.07, 6.45) is 0. The molecule has 0 bridgehead atoms. The van der Waals surface area contributed by atoms with Crippen molar-refractivity contribution < 1.29 is 9.59 Å². The number of carbonyl (C=O) groups excluding carboxylic acids is 2. The first-order valence-corrected chi connectivity index (χ1v) is 7.76. The predicted octanol–water partition coefficient (Wildman–Crippen LogP) is 3.13. The van der Waals surface area contributed by atoms with Crippen LogP contribution < -0.4 is 10.6 Å². The van der Waals surface area contributed by atoms with Gasteiger partial charge < -0.3 is 10.6 Å². The van der Waals surface area contributed by atoms with Gasteiger partial charge in [-0.1, -0.05) is 48.5 Å². The van der Waals surface area contributed by atoms with Gasteiger partial charge in [-0.2, -0.15) is 0 Å². The summed E-state index contributed by atoms with van der Waals surface area (Å²) in [6.45, 7) is 0.368. The topological polar surface area (TPSA) is 58.2 Å². The van der Waals surface area contributed by atoms with Gasteiger partial charge in [0.15, 0.2) is 0 Å². The molecule has 0 saturated carbocycles. The molecule has 0 aliphatic heterocycles. The first-order valence-electron chi connectivity index (χ1n) is 7.76. The van der Waals surface area contributed by atoms with E-state index in [9.17, 15) is 9.59 Å². The quantitative estimate of drug-likeness (QED) is 0.776. The van der Waals surface area contributed by atoms with E-state index in [1.807, 2.05) is 54.6 Å². The van der Waals surface area contributed by atoms with Crippen molar-refractivity contribution >= 4 is 22.6 Å². The van der Waals surface area contributed by atoms with Crippen molar-refractivity contribution in [3.05, 3.63) is 83.4 Å². The van der Waals surface area contributed by atoms with Crippen LogP contribution >= 0.6 is 0 Å². The molecular weight excluding hydrogens is 300 g/mol. The maximum absolute atomic E-state index is 12.5. The van der Waals surface area contributed by atoms with Crippen molar-refractivity contribution in [2.45, 2.75) is 6.54 Å². The van der Waals surface area contributed by atoms with Crippen LogP contribution in [0.5, 0.6) is 0 Å². The second kappa shape index (κ2) is 6.96. The lowest BCUT2D eigenvalue weighted by Gasteiger charge is -2.09. The highest BCUT2D eigenvalue weighted by Gasteiger charge is 2.10. The molecular formula is C20H18N2O2. The van der Waals surface area contributed by atoms with Crippen molar-refractivity contribution in [2.75, 3.05) is 7.05 Å². The van der Waals surface area contributed by atoms with Gasteiger partial charge in [0.25, 0.3) is 11.8 Å². The van der Waals surface area contributed by atoms with Crippen molar-refractivity contribution in [2.24, 2.45) is 0 Å². The Bertz CT molecular complexity index is 898. The van der Waals surface area contributed by atoms with E-state index in [4.69, 9.17) is 0 Å². The highest BCUT2D eigenvalue weighted by molar-refractivity contribution is 6.07. The molecule has 0 atom stereocenters. The Hall–Kier alpha value is -3.14. The van der Waals surface area contributed by atoms with Crippen molar-refractivity contribution in [1.82, 2.24) is 10.6 Å². The second-order valence-electron chi connectivity index (χ2n) is 5.49. The van der Waals surface area contributed by atoms with Gasteiger partial charge in [0.2, 0.25) is 0 Å². The van der Waals surface area contributed by atoms with Crippen molar-refractivity contribution in [3.63, 3.8) is 0 Å². The van der Waals surface area contributed by atoms with E-state index < -0.39 is 0 Å². The monoisotopic (exact) mass is 318 g/mol. The average molecular weight is 318 g/mol. The van der Waals surface area contributed by atoms with Crippen LogP contribution in [0.1, 0.15) is 26.3 Å². The van der Waals surface area contributed by atoms with Crippen LogP contribution in [0.15, 0.2) is 66.7 Å². The summed E-state index contributed by atoms with van der Waals surface area (Å²) >= 11 is 0. The average Bonchev–Trinajstić information content (AvgIpc) is 2.65. The van der Waals surface area contributed by atoms with E-state index in [1.54, 1.807) is 19.2 Å². The van der Waals surface area contributed by atoms with Crippen LogP contribution in [0.2, 0.25) is 0 Å². The molecule has 0 radical (unpaired) electrons. The smallest absolute Gasteiger partial charge is 0.252 e. The molecule has 0 saturated heterocycles. The second-order valence-corrected chi connectivity index (χ2v) is 5.49. The third-order valence-corrected chi connectivity index (χ3v) is 3.90. The SMILES string of the molecule is CNC(=O)c1cccc(CNC(=O)c2cccc3ccccc23)c1. The maximum atomic E-state index is 12.5. The number of rotatable bonds is 4. The maximum Gasteiger partial charge on any atom is 0.252 e. The first-order chi connectivity index (χ1) is 11.7. The standard InChI is InChI=1S/C20H18N2O2/c1-21-19(23)16-9-4-6-14(12-16)13-22-20(24)18-11-5-8-15-7-2-3-10-17(15)18/h2-12H,13H2,1H3,(H,21,23)(H,22,24). The Balaban J connectivity index is 1.77. The number of benzene rings is 3. The van der Waals surface area contributed by atoms with Gasteiger partial charge in [-0.05, 0) is 34.5 Å². The van der Waals surface area contributed by atoms with Gasteiger partial charge in [0.1, 0.15) is 0 Å². The summed E-state index contributed by atoms with van der Waals surface area (Å²) in [5.41, 5.74) is 2.11. The number of amides is 2. The molecule has 0 spiro atoms. The van der Waals surface area contributed by atoms with Gasteiger partial charge in [0.05, 0.1) is 0 Å². The van der Waals surface area contributed by atoms with Gasteiger partial charge in [-0.15, -0.1) is 0 Å². The van der Waals surface area contributed by atoms with E-state index in [0.717, 1.165) is 16.3 Å². The third-order valence-electron chi connectivity index (χ3n) is 3.90.